The third kappa shape index (κ3) is 5.56. The maximum absolute atomic E-state index is 15.1. The molecule has 0 amide bonds. The van der Waals surface area contributed by atoms with Crippen molar-refractivity contribution < 1.29 is 22.3 Å². The average Bonchev–Trinajstić information content (AvgIpc) is 2.89. The zero-order chi connectivity index (χ0) is 25.7. The molecule has 5 heteroatoms. The fourth-order valence-electron chi connectivity index (χ4n) is 4.87. The van der Waals surface area contributed by atoms with Crippen LogP contribution in [0, 0.1) is 29.2 Å². The van der Waals surface area contributed by atoms with Crippen LogP contribution in [-0.4, -0.2) is 6.61 Å². The molecule has 36 heavy (non-hydrogen) atoms. The molecule has 0 heterocycles. The van der Waals surface area contributed by atoms with Crippen LogP contribution < -0.4 is 4.74 Å². The summed E-state index contributed by atoms with van der Waals surface area (Å²) in [4.78, 5) is 0. The van der Waals surface area contributed by atoms with Gasteiger partial charge < -0.3 is 4.74 Å². The lowest BCUT2D eigenvalue weighted by molar-refractivity contribution is 0.314. The first-order chi connectivity index (χ1) is 17.4. The first kappa shape index (κ1) is 25.7. The number of halogens is 4. The van der Waals surface area contributed by atoms with Gasteiger partial charge in [0.2, 0.25) is 5.82 Å². The molecule has 0 unspecified atom stereocenters. The highest BCUT2D eigenvalue weighted by Gasteiger charge is 2.26. The molecule has 3 aromatic carbocycles. The molecule has 0 atom stereocenters. The standard InChI is InChI=1S/C31H30F4O/c1-3-5-20-6-11-22(12-7-20)25-17-18-26(30(34)29(25)33)23-13-8-21(9-14-23)10-15-24-16-19-27(36-4-2)31(35)28(24)32/h3,5-7,10-12,15-19,21,23H,4,8-9,13-14H2,1-2H3/b5-3+,15-10+. The lowest BCUT2D eigenvalue weighted by Gasteiger charge is -2.27. The van der Waals surface area contributed by atoms with Crippen molar-refractivity contribution in [3.05, 3.63) is 101 Å². The summed E-state index contributed by atoms with van der Waals surface area (Å²) in [5.41, 5.74) is 2.46. The lowest BCUT2D eigenvalue weighted by Crippen LogP contribution is -2.13. The molecule has 188 valence electrons. The molecule has 4 rings (SSSR count). The summed E-state index contributed by atoms with van der Waals surface area (Å²) < 4.78 is 63.6. The van der Waals surface area contributed by atoms with Gasteiger partial charge in [0.15, 0.2) is 23.2 Å². The molecule has 0 aliphatic heterocycles. The van der Waals surface area contributed by atoms with Crippen LogP contribution in [0.25, 0.3) is 23.3 Å². The first-order valence-corrected chi connectivity index (χ1v) is 12.4. The van der Waals surface area contributed by atoms with Crippen molar-refractivity contribution in [3.63, 3.8) is 0 Å². The molecule has 1 fully saturated rings. The number of benzene rings is 3. The predicted octanol–water partition coefficient (Wildman–Crippen LogP) is 9.33. The molecule has 1 saturated carbocycles. The van der Waals surface area contributed by atoms with Gasteiger partial charge in [0.1, 0.15) is 0 Å². The van der Waals surface area contributed by atoms with Gasteiger partial charge in [0, 0.05) is 11.1 Å². The molecule has 0 bridgehead atoms. The Labute approximate surface area is 210 Å². The van der Waals surface area contributed by atoms with E-state index in [1.165, 1.54) is 12.1 Å². The zero-order valence-electron chi connectivity index (χ0n) is 20.5. The Bertz CT molecular complexity index is 1250. The van der Waals surface area contributed by atoms with Crippen LogP contribution >= 0.6 is 0 Å². The average molecular weight is 495 g/mol. The second-order valence-electron chi connectivity index (χ2n) is 9.14. The maximum atomic E-state index is 15.1. The maximum Gasteiger partial charge on any atom is 0.201 e. The number of allylic oxidation sites excluding steroid dienone is 2. The Kier molecular flexibility index (Phi) is 8.29. The van der Waals surface area contributed by atoms with Crippen molar-refractivity contribution in [2.75, 3.05) is 6.61 Å². The summed E-state index contributed by atoms with van der Waals surface area (Å²) in [5, 5.41) is 0. The van der Waals surface area contributed by atoms with Crippen molar-refractivity contribution in [1.82, 2.24) is 0 Å². The van der Waals surface area contributed by atoms with E-state index in [9.17, 15) is 8.78 Å². The van der Waals surface area contributed by atoms with Gasteiger partial charge in [0.25, 0.3) is 0 Å². The Hall–Kier alpha value is -3.34. The molecule has 1 aliphatic carbocycles. The molecule has 1 aliphatic rings. The quantitative estimate of drug-likeness (QED) is 0.297. The normalized spacial score (nSPS) is 18.3. The van der Waals surface area contributed by atoms with E-state index in [2.05, 4.69) is 0 Å². The minimum Gasteiger partial charge on any atom is -0.491 e. The smallest absolute Gasteiger partial charge is 0.201 e. The molecule has 0 saturated heterocycles. The second kappa shape index (κ2) is 11.6. The van der Waals surface area contributed by atoms with Crippen LogP contribution in [0.2, 0.25) is 0 Å². The van der Waals surface area contributed by atoms with E-state index in [-0.39, 0.29) is 35.3 Å². The molecule has 0 aromatic heterocycles. The summed E-state index contributed by atoms with van der Waals surface area (Å²) in [7, 11) is 0. The van der Waals surface area contributed by atoms with E-state index in [0.29, 0.717) is 24.0 Å². The Morgan fingerprint density at radius 3 is 2.17 bits per heavy atom. The summed E-state index contributed by atoms with van der Waals surface area (Å²) in [6.07, 6.45) is 10.3. The van der Waals surface area contributed by atoms with Gasteiger partial charge in [-0.05, 0) is 80.2 Å². The largest absolute Gasteiger partial charge is 0.491 e. The van der Waals surface area contributed by atoms with Crippen LogP contribution in [0.15, 0.2) is 60.7 Å². The van der Waals surface area contributed by atoms with Gasteiger partial charge in [-0.1, -0.05) is 60.7 Å². The van der Waals surface area contributed by atoms with Crippen molar-refractivity contribution in [2.24, 2.45) is 5.92 Å². The fraction of sp³-hybridized carbons (Fsp3) is 0.290. The van der Waals surface area contributed by atoms with Crippen molar-refractivity contribution in [2.45, 2.75) is 45.4 Å². The number of hydrogen-bond donors (Lipinski definition) is 0. The van der Waals surface area contributed by atoms with Crippen molar-refractivity contribution in [3.8, 4) is 16.9 Å². The van der Waals surface area contributed by atoms with E-state index < -0.39 is 23.3 Å². The lowest BCUT2D eigenvalue weighted by atomic mass is 9.78. The van der Waals surface area contributed by atoms with E-state index >= 15 is 8.78 Å². The van der Waals surface area contributed by atoms with Gasteiger partial charge in [0.05, 0.1) is 6.61 Å². The molecular formula is C31H30F4O. The summed E-state index contributed by atoms with van der Waals surface area (Å²) in [5.74, 6) is -3.53. The second-order valence-corrected chi connectivity index (χ2v) is 9.14. The van der Waals surface area contributed by atoms with Gasteiger partial charge in [-0.25, -0.2) is 13.2 Å². The van der Waals surface area contributed by atoms with Crippen LogP contribution in [0.1, 0.15) is 62.1 Å². The number of ether oxygens (including phenoxy) is 1. The summed E-state index contributed by atoms with van der Waals surface area (Å²) in [6.45, 7) is 3.89. The first-order valence-electron chi connectivity index (χ1n) is 12.4. The third-order valence-electron chi connectivity index (χ3n) is 6.83. The molecule has 3 aromatic rings. The van der Waals surface area contributed by atoms with Gasteiger partial charge in [-0.15, -0.1) is 0 Å². The highest BCUT2D eigenvalue weighted by Crippen LogP contribution is 2.39. The van der Waals surface area contributed by atoms with Crippen LogP contribution in [0.5, 0.6) is 5.75 Å². The van der Waals surface area contributed by atoms with Crippen LogP contribution in [0.3, 0.4) is 0 Å². The fourth-order valence-corrected chi connectivity index (χ4v) is 4.87. The van der Waals surface area contributed by atoms with Crippen LogP contribution in [-0.2, 0) is 0 Å². The highest BCUT2D eigenvalue weighted by molar-refractivity contribution is 5.67. The molecule has 0 spiro atoms. The van der Waals surface area contributed by atoms with E-state index in [0.717, 1.165) is 18.4 Å². The Morgan fingerprint density at radius 2 is 1.50 bits per heavy atom. The number of rotatable bonds is 7. The van der Waals surface area contributed by atoms with Crippen molar-refractivity contribution >= 4 is 12.2 Å². The molecule has 0 radical (unpaired) electrons. The van der Waals surface area contributed by atoms with Gasteiger partial charge in [-0.2, -0.15) is 4.39 Å². The minimum atomic E-state index is -0.989. The monoisotopic (exact) mass is 494 g/mol. The van der Waals surface area contributed by atoms with E-state index in [1.54, 1.807) is 37.3 Å². The SMILES string of the molecule is C/C=C/c1ccc(-c2ccc(C3CCC(/C=C/c4ccc(OCC)c(F)c4F)CC3)c(F)c2F)cc1. The Morgan fingerprint density at radius 1 is 0.778 bits per heavy atom. The zero-order valence-corrected chi connectivity index (χ0v) is 20.5. The highest BCUT2D eigenvalue weighted by atomic mass is 19.2. The number of hydrogen-bond acceptors (Lipinski definition) is 1. The van der Waals surface area contributed by atoms with Crippen molar-refractivity contribution in [1.29, 1.82) is 0 Å². The van der Waals surface area contributed by atoms with Gasteiger partial charge in [-0.3, -0.25) is 0 Å². The molecule has 1 nitrogen and oxygen atoms in total. The summed E-state index contributed by atoms with van der Waals surface area (Å²) in [6, 6.07) is 13.6. The van der Waals surface area contributed by atoms with Gasteiger partial charge >= 0.3 is 0 Å². The van der Waals surface area contributed by atoms with E-state index in [1.807, 2.05) is 37.3 Å². The van der Waals surface area contributed by atoms with E-state index in [4.69, 9.17) is 4.74 Å². The molecular weight excluding hydrogens is 464 g/mol. The predicted molar refractivity (Wildman–Crippen MR) is 138 cm³/mol. The van der Waals surface area contributed by atoms with Crippen LogP contribution in [0.4, 0.5) is 17.6 Å². The third-order valence-corrected chi connectivity index (χ3v) is 6.83. The Balaban J connectivity index is 1.42. The topological polar surface area (TPSA) is 9.23 Å². The molecule has 0 N–H and O–H groups in total. The minimum absolute atomic E-state index is 0.0741. The summed E-state index contributed by atoms with van der Waals surface area (Å²) >= 11 is 0.